The molecule has 9 heteroatoms. The Morgan fingerprint density at radius 3 is 2.31 bits per heavy atom. The van der Waals surface area contributed by atoms with E-state index in [2.05, 4.69) is 31.9 Å². The summed E-state index contributed by atoms with van der Waals surface area (Å²) < 4.78 is 18.5. The number of carbonyl (C=O) groups is 2. The molecular formula is C26H21Br2NO5S. The van der Waals surface area contributed by atoms with E-state index in [-0.39, 0.29) is 24.3 Å². The zero-order valence-corrected chi connectivity index (χ0v) is 22.7. The number of imide groups is 1. The van der Waals surface area contributed by atoms with Crippen molar-refractivity contribution in [1.82, 2.24) is 4.90 Å². The highest BCUT2D eigenvalue weighted by atomic mass is 79.9. The van der Waals surface area contributed by atoms with Gasteiger partial charge < -0.3 is 14.2 Å². The summed E-state index contributed by atoms with van der Waals surface area (Å²) in [6.45, 7) is 0.745. The fourth-order valence-corrected chi connectivity index (χ4v) is 5.13. The third-order valence-electron chi connectivity index (χ3n) is 5.09. The summed E-state index contributed by atoms with van der Waals surface area (Å²) in [7, 11) is 1.55. The Kier molecular flexibility index (Phi) is 8.54. The molecule has 0 radical (unpaired) electrons. The molecule has 0 atom stereocenters. The Bertz CT molecular complexity index is 1250. The van der Waals surface area contributed by atoms with Crippen LogP contribution in [-0.4, -0.2) is 36.3 Å². The molecule has 1 aliphatic heterocycles. The molecule has 1 heterocycles. The van der Waals surface area contributed by atoms with Crippen molar-refractivity contribution >= 4 is 60.8 Å². The first-order valence-corrected chi connectivity index (χ1v) is 13.0. The molecule has 180 valence electrons. The molecule has 0 saturated carbocycles. The van der Waals surface area contributed by atoms with Gasteiger partial charge >= 0.3 is 0 Å². The first kappa shape index (κ1) is 25.3. The van der Waals surface area contributed by atoms with E-state index in [1.54, 1.807) is 19.3 Å². The minimum atomic E-state index is -0.358. The van der Waals surface area contributed by atoms with Gasteiger partial charge in [0.25, 0.3) is 11.1 Å². The van der Waals surface area contributed by atoms with Crippen LogP contribution in [-0.2, 0) is 11.4 Å². The van der Waals surface area contributed by atoms with E-state index in [4.69, 9.17) is 14.2 Å². The fraction of sp³-hybridized carbons (Fsp3) is 0.154. The van der Waals surface area contributed by atoms with E-state index in [9.17, 15) is 9.59 Å². The van der Waals surface area contributed by atoms with Crippen molar-refractivity contribution in [1.29, 1.82) is 0 Å². The summed E-state index contributed by atoms with van der Waals surface area (Å²) in [5, 5.41) is -0.331. The molecule has 0 unspecified atom stereocenters. The second-order valence-electron chi connectivity index (χ2n) is 7.39. The van der Waals surface area contributed by atoms with Gasteiger partial charge in [0.05, 0.1) is 23.0 Å². The second kappa shape index (κ2) is 11.8. The molecule has 1 fully saturated rings. The van der Waals surface area contributed by atoms with Crippen molar-refractivity contribution < 1.29 is 23.8 Å². The third-order valence-corrected chi connectivity index (χ3v) is 8.14. The monoisotopic (exact) mass is 617 g/mol. The number of hydrogen-bond donors (Lipinski definition) is 0. The van der Waals surface area contributed by atoms with Crippen molar-refractivity contribution in [2.24, 2.45) is 0 Å². The molecule has 1 saturated heterocycles. The minimum absolute atomic E-state index is 0.164. The number of para-hydroxylation sites is 1. The third kappa shape index (κ3) is 6.09. The maximum absolute atomic E-state index is 12.9. The normalized spacial score (nSPS) is 14.5. The summed E-state index contributed by atoms with van der Waals surface area (Å²) >= 11 is 8.05. The highest BCUT2D eigenvalue weighted by Crippen LogP contribution is 2.44. The standard InChI is InChI=1S/C26H21Br2NO5S/c1-32-20-14-18(22(27)23(28)24(20)34-16-17-8-4-2-5-9-17)15-21-25(30)29(26(31)35-21)12-13-33-19-10-6-3-7-11-19/h2-11,14-15H,12-13,16H2,1H3/b21-15-. The molecule has 2 amide bonds. The maximum Gasteiger partial charge on any atom is 0.293 e. The lowest BCUT2D eigenvalue weighted by Crippen LogP contribution is -2.32. The predicted molar refractivity (Wildman–Crippen MR) is 144 cm³/mol. The molecule has 1 aliphatic rings. The van der Waals surface area contributed by atoms with Gasteiger partial charge in [-0.25, -0.2) is 0 Å². The lowest BCUT2D eigenvalue weighted by Gasteiger charge is -2.16. The second-order valence-corrected chi connectivity index (χ2v) is 9.97. The number of halogens is 2. The highest BCUT2D eigenvalue weighted by Gasteiger charge is 2.35. The summed E-state index contributed by atoms with van der Waals surface area (Å²) in [4.78, 5) is 26.9. The zero-order chi connectivity index (χ0) is 24.8. The molecule has 3 aromatic rings. The van der Waals surface area contributed by atoms with Gasteiger partial charge in [-0.3, -0.25) is 14.5 Å². The van der Waals surface area contributed by atoms with Crippen molar-refractivity contribution in [3.05, 3.63) is 91.7 Å². The molecule has 0 aliphatic carbocycles. The Labute approximate surface area is 224 Å². The lowest BCUT2D eigenvalue weighted by molar-refractivity contribution is -0.123. The molecular weight excluding hydrogens is 598 g/mol. The SMILES string of the molecule is COc1cc(/C=C2\SC(=O)N(CCOc3ccccc3)C2=O)c(Br)c(Br)c1OCc1ccccc1. The van der Waals surface area contributed by atoms with Crippen molar-refractivity contribution in [3.63, 3.8) is 0 Å². The van der Waals surface area contributed by atoms with Crippen LogP contribution in [0.25, 0.3) is 6.08 Å². The van der Waals surface area contributed by atoms with Crippen molar-refractivity contribution in [3.8, 4) is 17.2 Å². The van der Waals surface area contributed by atoms with E-state index in [0.717, 1.165) is 17.3 Å². The molecule has 0 N–H and O–H groups in total. The van der Waals surface area contributed by atoms with Gasteiger partial charge in [0.2, 0.25) is 0 Å². The zero-order valence-electron chi connectivity index (χ0n) is 18.7. The van der Waals surface area contributed by atoms with Gasteiger partial charge in [-0.15, -0.1) is 0 Å². The summed E-state index contributed by atoms with van der Waals surface area (Å²) in [5.74, 6) is 1.36. The van der Waals surface area contributed by atoms with Crippen LogP contribution in [0.4, 0.5) is 4.79 Å². The summed E-state index contributed by atoms with van der Waals surface area (Å²) in [5.41, 5.74) is 1.69. The quantitative estimate of drug-likeness (QED) is 0.243. The molecule has 0 bridgehead atoms. The van der Waals surface area contributed by atoms with Crippen LogP contribution < -0.4 is 14.2 Å². The van der Waals surface area contributed by atoms with Crippen molar-refractivity contribution in [2.45, 2.75) is 6.61 Å². The van der Waals surface area contributed by atoms with Crippen molar-refractivity contribution in [2.75, 3.05) is 20.3 Å². The number of hydrogen-bond acceptors (Lipinski definition) is 6. The Balaban J connectivity index is 1.49. The van der Waals surface area contributed by atoms with E-state index in [1.807, 2.05) is 60.7 Å². The highest BCUT2D eigenvalue weighted by molar-refractivity contribution is 9.13. The van der Waals surface area contributed by atoms with Crippen LogP contribution >= 0.6 is 43.6 Å². The Morgan fingerprint density at radius 1 is 0.943 bits per heavy atom. The number of ether oxygens (including phenoxy) is 3. The van der Waals surface area contributed by atoms with Crippen LogP contribution in [0.5, 0.6) is 17.2 Å². The van der Waals surface area contributed by atoms with Gasteiger partial charge in [-0.1, -0.05) is 48.5 Å². The molecule has 0 spiro atoms. The number of carbonyl (C=O) groups excluding carboxylic acids is 2. The average molecular weight is 619 g/mol. The number of benzene rings is 3. The maximum atomic E-state index is 12.9. The van der Waals surface area contributed by atoms with Crippen LogP contribution in [0, 0.1) is 0 Å². The van der Waals surface area contributed by atoms with Gasteiger partial charge in [-0.2, -0.15) is 0 Å². The first-order chi connectivity index (χ1) is 17.0. The predicted octanol–water partition coefficient (Wildman–Crippen LogP) is 6.91. The van der Waals surface area contributed by atoms with E-state index in [0.29, 0.717) is 43.3 Å². The van der Waals surface area contributed by atoms with E-state index < -0.39 is 0 Å². The average Bonchev–Trinajstić information content (AvgIpc) is 3.14. The number of amides is 2. The molecule has 4 rings (SSSR count). The lowest BCUT2D eigenvalue weighted by atomic mass is 10.1. The number of thioether (sulfide) groups is 1. The molecule has 6 nitrogen and oxygen atoms in total. The van der Waals surface area contributed by atoms with Gasteiger partial charge in [0, 0.05) is 4.47 Å². The molecule has 3 aromatic carbocycles. The van der Waals surface area contributed by atoms with Gasteiger partial charge in [0.15, 0.2) is 11.5 Å². The van der Waals surface area contributed by atoms with Crippen LogP contribution in [0.3, 0.4) is 0 Å². The topological polar surface area (TPSA) is 65.1 Å². The molecule has 0 aromatic heterocycles. The van der Waals surface area contributed by atoms with E-state index in [1.165, 1.54) is 4.90 Å². The van der Waals surface area contributed by atoms with Crippen LogP contribution in [0.2, 0.25) is 0 Å². The summed E-state index contributed by atoms with van der Waals surface area (Å²) in [6.07, 6.45) is 1.67. The largest absolute Gasteiger partial charge is 0.493 e. The fourth-order valence-electron chi connectivity index (χ4n) is 3.33. The first-order valence-electron chi connectivity index (χ1n) is 10.6. The smallest absolute Gasteiger partial charge is 0.293 e. The number of rotatable bonds is 9. The molecule has 35 heavy (non-hydrogen) atoms. The van der Waals surface area contributed by atoms with E-state index >= 15 is 0 Å². The number of methoxy groups -OCH3 is 1. The summed E-state index contributed by atoms with van der Waals surface area (Å²) in [6, 6.07) is 20.8. The van der Waals surface area contributed by atoms with Crippen LogP contribution in [0.15, 0.2) is 80.6 Å². The minimum Gasteiger partial charge on any atom is -0.493 e. The van der Waals surface area contributed by atoms with Gasteiger partial charge in [0.1, 0.15) is 19.0 Å². The van der Waals surface area contributed by atoms with Gasteiger partial charge in [-0.05, 0) is 79.0 Å². The Hall–Kier alpha value is -2.75. The number of nitrogens with zero attached hydrogens (tertiary/aromatic N) is 1. The van der Waals surface area contributed by atoms with Crippen LogP contribution in [0.1, 0.15) is 11.1 Å². The Morgan fingerprint density at radius 2 is 1.63 bits per heavy atom.